The number of nitrogens with one attached hydrogen (secondary N) is 2. The first-order valence-electron chi connectivity index (χ1n) is 8.79. The number of guanidine groups is 1. The minimum Gasteiger partial charge on any atom is -0.493 e. The Bertz CT molecular complexity index is 638. The molecule has 1 aliphatic heterocycles. The monoisotopic (exact) mass is 388 g/mol. The predicted octanol–water partition coefficient (Wildman–Crippen LogP) is 2.25. The molecule has 1 aromatic rings. The standard InChI is InChI=1S/C18H27F3N4O2/c1-22-17(23-9-13-4-5-15(26-2)16(8-13)27-3)24-10-14-6-7-25(11-14)12-18(19,20)21/h4-5,8,14H,6-7,9-12H2,1-3H3,(H2,22,23,24). The van der Waals surface area contributed by atoms with Crippen LogP contribution in [0.3, 0.4) is 0 Å². The normalized spacial score (nSPS) is 18.4. The van der Waals surface area contributed by atoms with E-state index in [1.807, 2.05) is 18.2 Å². The van der Waals surface area contributed by atoms with E-state index in [9.17, 15) is 13.2 Å². The van der Waals surface area contributed by atoms with Crippen molar-refractivity contribution in [2.75, 3.05) is 47.4 Å². The van der Waals surface area contributed by atoms with Crippen molar-refractivity contribution in [3.63, 3.8) is 0 Å². The van der Waals surface area contributed by atoms with Crippen LogP contribution in [0, 0.1) is 5.92 Å². The van der Waals surface area contributed by atoms with Crippen LogP contribution in [-0.4, -0.2) is 64.5 Å². The highest BCUT2D eigenvalue weighted by Gasteiger charge is 2.34. The van der Waals surface area contributed by atoms with Crippen LogP contribution in [-0.2, 0) is 6.54 Å². The van der Waals surface area contributed by atoms with Crippen LogP contribution in [0.25, 0.3) is 0 Å². The van der Waals surface area contributed by atoms with Crippen LogP contribution in [0.4, 0.5) is 13.2 Å². The number of alkyl halides is 3. The number of halogens is 3. The first-order valence-corrected chi connectivity index (χ1v) is 8.79. The lowest BCUT2D eigenvalue weighted by Crippen LogP contribution is -2.40. The van der Waals surface area contributed by atoms with Crippen molar-refractivity contribution in [3.05, 3.63) is 23.8 Å². The predicted molar refractivity (Wildman–Crippen MR) is 98.3 cm³/mol. The Morgan fingerprint density at radius 1 is 1.22 bits per heavy atom. The number of nitrogens with zero attached hydrogens (tertiary/aromatic N) is 2. The SMILES string of the molecule is CN=C(NCc1ccc(OC)c(OC)c1)NCC1CCN(CC(F)(F)F)C1. The molecule has 0 spiro atoms. The van der Waals surface area contributed by atoms with Crippen molar-refractivity contribution in [2.45, 2.75) is 19.1 Å². The van der Waals surface area contributed by atoms with Crippen molar-refractivity contribution < 1.29 is 22.6 Å². The molecule has 1 aliphatic rings. The zero-order chi connectivity index (χ0) is 19.9. The molecule has 2 rings (SSSR count). The highest BCUT2D eigenvalue weighted by molar-refractivity contribution is 5.79. The molecule has 152 valence electrons. The number of benzene rings is 1. The maximum absolute atomic E-state index is 12.5. The van der Waals surface area contributed by atoms with E-state index in [1.165, 1.54) is 4.90 Å². The molecule has 0 radical (unpaired) electrons. The molecule has 9 heteroatoms. The first kappa shape index (κ1) is 21.1. The van der Waals surface area contributed by atoms with Crippen molar-refractivity contribution >= 4 is 5.96 Å². The average molecular weight is 388 g/mol. The van der Waals surface area contributed by atoms with Gasteiger partial charge in [0, 0.05) is 26.7 Å². The zero-order valence-corrected chi connectivity index (χ0v) is 15.9. The summed E-state index contributed by atoms with van der Waals surface area (Å²) in [6.07, 6.45) is -3.39. The third kappa shape index (κ3) is 6.82. The molecule has 0 aromatic heterocycles. The lowest BCUT2D eigenvalue weighted by atomic mass is 10.1. The second-order valence-corrected chi connectivity index (χ2v) is 6.50. The van der Waals surface area contributed by atoms with Crippen molar-refractivity contribution in [1.82, 2.24) is 15.5 Å². The van der Waals surface area contributed by atoms with E-state index in [2.05, 4.69) is 15.6 Å². The molecule has 1 fully saturated rings. The summed E-state index contributed by atoms with van der Waals surface area (Å²) in [7, 11) is 4.83. The minimum absolute atomic E-state index is 0.173. The van der Waals surface area contributed by atoms with E-state index < -0.39 is 12.7 Å². The molecular weight excluding hydrogens is 361 g/mol. The number of methoxy groups -OCH3 is 2. The largest absolute Gasteiger partial charge is 0.493 e. The van der Waals surface area contributed by atoms with E-state index in [0.29, 0.717) is 43.6 Å². The van der Waals surface area contributed by atoms with Gasteiger partial charge in [-0.3, -0.25) is 9.89 Å². The summed E-state index contributed by atoms with van der Waals surface area (Å²) in [5.74, 6) is 2.09. The number of aliphatic imine (C=N–C) groups is 1. The van der Waals surface area contributed by atoms with Gasteiger partial charge >= 0.3 is 6.18 Å². The smallest absolute Gasteiger partial charge is 0.401 e. The second kappa shape index (κ2) is 9.68. The highest BCUT2D eigenvalue weighted by Crippen LogP contribution is 2.27. The van der Waals surface area contributed by atoms with E-state index in [4.69, 9.17) is 9.47 Å². The van der Waals surface area contributed by atoms with E-state index in [1.54, 1.807) is 21.3 Å². The fraction of sp³-hybridized carbons (Fsp3) is 0.611. The van der Waals surface area contributed by atoms with Crippen molar-refractivity contribution in [2.24, 2.45) is 10.9 Å². The third-order valence-electron chi connectivity index (χ3n) is 4.46. The van der Waals surface area contributed by atoms with Gasteiger partial charge in [-0.1, -0.05) is 6.07 Å². The fourth-order valence-electron chi connectivity index (χ4n) is 3.11. The minimum atomic E-state index is -4.14. The maximum atomic E-state index is 12.5. The fourth-order valence-corrected chi connectivity index (χ4v) is 3.11. The van der Waals surface area contributed by atoms with E-state index in [0.717, 1.165) is 12.0 Å². The number of likely N-dealkylation sites (tertiary alicyclic amines) is 1. The lowest BCUT2D eigenvalue weighted by Gasteiger charge is -2.19. The first-order chi connectivity index (χ1) is 12.8. The Balaban J connectivity index is 1.78. The van der Waals surface area contributed by atoms with Crippen LogP contribution < -0.4 is 20.1 Å². The molecule has 1 unspecified atom stereocenters. The molecule has 0 bridgehead atoms. The number of hydrogen-bond acceptors (Lipinski definition) is 4. The van der Waals surface area contributed by atoms with Gasteiger partial charge in [-0.05, 0) is 36.6 Å². The summed E-state index contributed by atoms with van der Waals surface area (Å²) in [4.78, 5) is 5.61. The topological polar surface area (TPSA) is 58.1 Å². The molecule has 2 N–H and O–H groups in total. The van der Waals surface area contributed by atoms with Crippen LogP contribution in [0.5, 0.6) is 11.5 Å². The Labute approximate surface area is 157 Å². The van der Waals surface area contributed by atoms with Gasteiger partial charge in [0.2, 0.25) is 0 Å². The summed E-state index contributed by atoms with van der Waals surface area (Å²) >= 11 is 0. The molecule has 1 saturated heterocycles. The van der Waals surface area contributed by atoms with Crippen LogP contribution in [0.15, 0.2) is 23.2 Å². The van der Waals surface area contributed by atoms with Gasteiger partial charge in [0.25, 0.3) is 0 Å². The molecule has 1 aromatic carbocycles. The van der Waals surface area contributed by atoms with Crippen LogP contribution >= 0.6 is 0 Å². The summed E-state index contributed by atoms with van der Waals surface area (Å²) < 4.78 is 47.9. The van der Waals surface area contributed by atoms with Crippen molar-refractivity contribution in [3.8, 4) is 11.5 Å². The molecule has 27 heavy (non-hydrogen) atoms. The summed E-state index contributed by atoms with van der Waals surface area (Å²) in [5.41, 5.74) is 0.993. The Morgan fingerprint density at radius 3 is 2.59 bits per heavy atom. The molecular formula is C18H27F3N4O2. The summed E-state index contributed by atoms with van der Waals surface area (Å²) in [6.45, 7) is 1.20. The molecule has 0 saturated carbocycles. The molecule has 1 heterocycles. The van der Waals surface area contributed by atoms with Gasteiger partial charge in [-0.2, -0.15) is 13.2 Å². The summed E-state index contributed by atoms with van der Waals surface area (Å²) in [6, 6.07) is 5.64. The summed E-state index contributed by atoms with van der Waals surface area (Å²) in [5, 5.41) is 6.39. The molecule has 1 atom stereocenters. The highest BCUT2D eigenvalue weighted by atomic mass is 19.4. The Kier molecular flexibility index (Phi) is 7.58. The van der Waals surface area contributed by atoms with Gasteiger partial charge in [0.1, 0.15) is 0 Å². The van der Waals surface area contributed by atoms with Gasteiger partial charge < -0.3 is 20.1 Å². The molecule has 6 nitrogen and oxygen atoms in total. The lowest BCUT2D eigenvalue weighted by molar-refractivity contribution is -0.143. The zero-order valence-electron chi connectivity index (χ0n) is 15.9. The number of hydrogen-bond donors (Lipinski definition) is 2. The van der Waals surface area contributed by atoms with Crippen molar-refractivity contribution in [1.29, 1.82) is 0 Å². The Hall–Kier alpha value is -2.16. The second-order valence-electron chi connectivity index (χ2n) is 6.50. The quantitative estimate of drug-likeness (QED) is 0.554. The van der Waals surface area contributed by atoms with Gasteiger partial charge in [-0.25, -0.2) is 0 Å². The Morgan fingerprint density at radius 2 is 1.96 bits per heavy atom. The maximum Gasteiger partial charge on any atom is 0.401 e. The van der Waals surface area contributed by atoms with Gasteiger partial charge in [-0.15, -0.1) is 0 Å². The number of rotatable bonds is 7. The van der Waals surface area contributed by atoms with Gasteiger partial charge in [0.05, 0.1) is 20.8 Å². The average Bonchev–Trinajstić information content (AvgIpc) is 3.07. The van der Waals surface area contributed by atoms with E-state index >= 15 is 0 Å². The van der Waals surface area contributed by atoms with Crippen LogP contribution in [0.1, 0.15) is 12.0 Å². The van der Waals surface area contributed by atoms with Gasteiger partial charge in [0.15, 0.2) is 17.5 Å². The van der Waals surface area contributed by atoms with Crippen LogP contribution in [0.2, 0.25) is 0 Å². The third-order valence-corrected chi connectivity index (χ3v) is 4.46. The molecule has 0 aliphatic carbocycles. The number of ether oxygens (including phenoxy) is 2. The van der Waals surface area contributed by atoms with E-state index in [-0.39, 0.29) is 5.92 Å². The molecule has 0 amide bonds.